The molecule has 1 unspecified atom stereocenters. The van der Waals surface area contributed by atoms with Crippen LogP contribution in [0.25, 0.3) is 0 Å². The van der Waals surface area contributed by atoms with E-state index in [9.17, 15) is 0 Å². The molecule has 1 atom stereocenters. The predicted octanol–water partition coefficient (Wildman–Crippen LogP) is 0.0656. The van der Waals surface area contributed by atoms with Crippen molar-refractivity contribution in [1.82, 2.24) is 4.90 Å². The molecule has 0 saturated carbocycles. The molecule has 1 fully saturated rings. The molecule has 0 aliphatic carbocycles. The van der Waals surface area contributed by atoms with Gasteiger partial charge in [0.1, 0.15) is 0 Å². The zero-order valence-corrected chi connectivity index (χ0v) is 12.1. The molecule has 1 rings (SSSR count). The number of rotatable bonds is 2. The summed E-state index contributed by atoms with van der Waals surface area (Å²) in [6, 6.07) is 0. The fourth-order valence-electron chi connectivity index (χ4n) is 1.41. The van der Waals surface area contributed by atoms with Crippen molar-refractivity contribution in [3.8, 4) is 0 Å². The van der Waals surface area contributed by atoms with Gasteiger partial charge in [-0.3, -0.25) is 6.58 Å². The molecule has 0 aromatic heterocycles. The van der Waals surface area contributed by atoms with E-state index in [0.29, 0.717) is 0 Å². The first kappa shape index (κ1) is 16.6. The van der Waals surface area contributed by atoms with Crippen molar-refractivity contribution in [2.75, 3.05) is 13.1 Å². The number of hydrogen-bond donors (Lipinski definition) is 0. The van der Waals surface area contributed by atoms with Crippen molar-refractivity contribution in [2.45, 2.75) is 27.2 Å². The van der Waals surface area contributed by atoms with Gasteiger partial charge in [-0.15, -0.1) is 5.70 Å². The Kier molecular flexibility index (Phi) is 11.5. The molecule has 0 aromatic carbocycles. The van der Waals surface area contributed by atoms with Crippen molar-refractivity contribution >= 4 is 0 Å². The van der Waals surface area contributed by atoms with E-state index in [0.717, 1.165) is 24.7 Å². The van der Waals surface area contributed by atoms with Crippen LogP contribution in [0.1, 0.15) is 27.2 Å². The number of hydrogen-bond acceptors (Lipinski definition) is 1. The Labute approximate surface area is 112 Å². The number of allylic oxidation sites excluding steroid dienone is 3. The number of nitrogens with zero attached hydrogens (tertiary/aromatic N) is 1. The van der Waals surface area contributed by atoms with Crippen LogP contribution in [0, 0.1) is 19.4 Å². The molecule has 2 heteroatoms. The Bertz CT molecular complexity index is 175. The van der Waals surface area contributed by atoms with Gasteiger partial charge in [-0.25, -0.2) is 19.1 Å². The Morgan fingerprint density at radius 2 is 2.07 bits per heavy atom. The Hall–Kier alpha value is 0.150. The quantitative estimate of drug-likeness (QED) is 0.348. The minimum Gasteiger partial charge on any atom is -0.404 e. The van der Waals surface area contributed by atoms with Gasteiger partial charge in [0, 0.05) is 13.1 Å². The summed E-state index contributed by atoms with van der Waals surface area (Å²) in [6.45, 7) is 17.7. The summed E-state index contributed by atoms with van der Waals surface area (Å²) in [4.78, 5) is 2.27. The second kappa shape index (κ2) is 9.70. The first-order valence-corrected chi connectivity index (χ1v) is 5.06. The molecule has 1 aliphatic rings. The topological polar surface area (TPSA) is 3.24 Å². The van der Waals surface area contributed by atoms with E-state index in [1.165, 1.54) is 6.42 Å². The normalized spacial score (nSPS) is 20.6. The van der Waals surface area contributed by atoms with Gasteiger partial charge in [-0.2, -0.15) is 0 Å². The van der Waals surface area contributed by atoms with Gasteiger partial charge in [-0.05, 0) is 12.3 Å². The van der Waals surface area contributed by atoms with E-state index in [2.05, 4.69) is 18.7 Å². The minimum atomic E-state index is 0. The molecule has 76 valence electrons. The molecule has 1 aliphatic heterocycles. The molecular formula is C12H21NNa-. The summed E-state index contributed by atoms with van der Waals surface area (Å²) in [5.74, 6) is 0.804. The third-order valence-electron chi connectivity index (χ3n) is 2.12. The molecular weight excluding hydrogens is 181 g/mol. The molecule has 0 N–H and O–H groups in total. The fourth-order valence-corrected chi connectivity index (χ4v) is 1.41. The van der Waals surface area contributed by atoms with E-state index in [1.54, 1.807) is 6.08 Å². The maximum Gasteiger partial charge on any atom is 1.00 e. The van der Waals surface area contributed by atoms with Crippen LogP contribution in [0.5, 0.6) is 0 Å². The molecule has 0 amide bonds. The molecule has 0 aromatic rings. The maximum atomic E-state index is 5.26. The predicted molar refractivity (Wildman–Crippen MR) is 59.0 cm³/mol. The fraction of sp³-hybridized carbons (Fsp3) is 0.583. The van der Waals surface area contributed by atoms with E-state index in [1.807, 2.05) is 19.9 Å². The molecule has 0 bridgehead atoms. The summed E-state index contributed by atoms with van der Waals surface area (Å²) in [5.41, 5.74) is 1.04. The van der Waals surface area contributed by atoms with Crippen LogP contribution < -0.4 is 29.6 Å². The van der Waals surface area contributed by atoms with E-state index in [-0.39, 0.29) is 29.6 Å². The standard InChI is InChI=1S/C10H15N.C2H6.Na/c1-4-5-10(3)11-7-6-9(2)8-11;1-2;/h1,4-5,9H,3,6-8H2,2H3;1-2H3;/q-2;;+1/b10-5+;;. The van der Waals surface area contributed by atoms with Crippen molar-refractivity contribution in [2.24, 2.45) is 5.92 Å². The van der Waals surface area contributed by atoms with Gasteiger partial charge in [0.25, 0.3) is 0 Å². The van der Waals surface area contributed by atoms with Crippen molar-refractivity contribution in [3.05, 3.63) is 31.4 Å². The molecule has 1 heterocycles. The Morgan fingerprint density at radius 3 is 2.43 bits per heavy atom. The molecule has 0 spiro atoms. The van der Waals surface area contributed by atoms with E-state index in [4.69, 9.17) is 6.58 Å². The Morgan fingerprint density at radius 1 is 1.50 bits per heavy atom. The third-order valence-corrected chi connectivity index (χ3v) is 2.12. The van der Waals surface area contributed by atoms with Crippen molar-refractivity contribution < 1.29 is 29.6 Å². The summed E-state index contributed by atoms with van der Waals surface area (Å²) < 4.78 is 0. The smallest absolute Gasteiger partial charge is 0.404 e. The average molecular weight is 202 g/mol. The third kappa shape index (κ3) is 5.79. The van der Waals surface area contributed by atoms with Gasteiger partial charge in [0.05, 0.1) is 0 Å². The van der Waals surface area contributed by atoms with Crippen LogP contribution in [0.4, 0.5) is 0 Å². The first-order chi connectivity index (χ1) is 6.24. The summed E-state index contributed by atoms with van der Waals surface area (Å²) in [5, 5.41) is 0. The van der Waals surface area contributed by atoms with Crippen molar-refractivity contribution in [3.63, 3.8) is 0 Å². The minimum absolute atomic E-state index is 0. The van der Waals surface area contributed by atoms with Crippen LogP contribution >= 0.6 is 0 Å². The van der Waals surface area contributed by atoms with Gasteiger partial charge >= 0.3 is 29.6 Å². The SMILES string of the molecule is CC.[CH-]=C/C=C(\[CH2-])N1CCC(C)C1.[Na+]. The second-order valence-corrected chi connectivity index (χ2v) is 3.19. The molecule has 1 nitrogen and oxygen atoms in total. The largest absolute Gasteiger partial charge is 1.00 e. The summed E-state index contributed by atoms with van der Waals surface area (Å²) in [7, 11) is 0. The monoisotopic (exact) mass is 202 g/mol. The maximum absolute atomic E-state index is 5.26. The van der Waals surface area contributed by atoms with Gasteiger partial charge in [0.2, 0.25) is 0 Å². The van der Waals surface area contributed by atoms with Crippen LogP contribution in [0.2, 0.25) is 0 Å². The second-order valence-electron chi connectivity index (χ2n) is 3.19. The summed E-state index contributed by atoms with van der Waals surface area (Å²) >= 11 is 0. The summed E-state index contributed by atoms with van der Waals surface area (Å²) in [6.07, 6.45) is 4.68. The number of likely N-dealkylation sites (tertiary alicyclic amines) is 1. The molecule has 0 radical (unpaired) electrons. The zero-order chi connectivity index (χ0) is 10.3. The van der Waals surface area contributed by atoms with E-state index < -0.39 is 0 Å². The van der Waals surface area contributed by atoms with E-state index >= 15 is 0 Å². The molecule has 14 heavy (non-hydrogen) atoms. The van der Waals surface area contributed by atoms with Crippen molar-refractivity contribution in [1.29, 1.82) is 0 Å². The van der Waals surface area contributed by atoms with Crippen LogP contribution in [0.15, 0.2) is 17.8 Å². The van der Waals surface area contributed by atoms with Crippen LogP contribution in [0.3, 0.4) is 0 Å². The van der Waals surface area contributed by atoms with Crippen LogP contribution in [-0.2, 0) is 0 Å². The first-order valence-electron chi connectivity index (χ1n) is 5.06. The Balaban J connectivity index is 0. The zero-order valence-electron chi connectivity index (χ0n) is 10.1. The average Bonchev–Trinajstić information content (AvgIpc) is 2.56. The van der Waals surface area contributed by atoms with Crippen LogP contribution in [-0.4, -0.2) is 18.0 Å². The van der Waals surface area contributed by atoms with Gasteiger partial charge in [0.15, 0.2) is 0 Å². The molecule has 1 saturated heterocycles. The van der Waals surface area contributed by atoms with Gasteiger partial charge in [-0.1, -0.05) is 20.8 Å². The van der Waals surface area contributed by atoms with Gasteiger partial charge < -0.3 is 4.90 Å².